The van der Waals surface area contributed by atoms with Gasteiger partial charge in [0.2, 0.25) is 0 Å². The van der Waals surface area contributed by atoms with E-state index in [2.05, 4.69) is 44.2 Å². The maximum atomic E-state index is 10.1. The van der Waals surface area contributed by atoms with Crippen LogP contribution in [-0.4, -0.2) is 5.11 Å². The Hall–Kier alpha value is -1.50. The van der Waals surface area contributed by atoms with Crippen molar-refractivity contribution in [3.63, 3.8) is 0 Å². The number of phenols is 1. The zero-order chi connectivity index (χ0) is 16.0. The van der Waals surface area contributed by atoms with Crippen LogP contribution in [0.15, 0.2) is 48.6 Å². The molecule has 0 aliphatic carbocycles. The van der Waals surface area contributed by atoms with Gasteiger partial charge in [-0.25, -0.2) is 0 Å². The predicted molar refractivity (Wildman–Crippen MR) is 97.4 cm³/mol. The molecule has 22 heavy (non-hydrogen) atoms. The topological polar surface area (TPSA) is 20.2 Å². The lowest BCUT2D eigenvalue weighted by Crippen LogP contribution is -1.98. The number of unbranched alkanes of at least 4 members (excludes halogenated alkanes) is 3. The lowest BCUT2D eigenvalue weighted by atomic mass is 9.90. The van der Waals surface area contributed by atoms with Crippen molar-refractivity contribution in [3.8, 4) is 5.75 Å². The third-order valence-corrected chi connectivity index (χ3v) is 4.01. The summed E-state index contributed by atoms with van der Waals surface area (Å²) in [5.41, 5.74) is 1.10. The van der Waals surface area contributed by atoms with E-state index in [1.54, 1.807) is 6.07 Å². The Labute approximate surface area is 136 Å². The van der Waals surface area contributed by atoms with E-state index in [0.717, 1.165) is 31.2 Å². The van der Waals surface area contributed by atoms with Crippen molar-refractivity contribution >= 4 is 0 Å². The molecular formula is C21H32O. The van der Waals surface area contributed by atoms with Crippen LogP contribution in [0.5, 0.6) is 5.75 Å². The van der Waals surface area contributed by atoms with Crippen LogP contribution in [0, 0.1) is 0 Å². The highest BCUT2D eigenvalue weighted by atomic mass is 16.3. The van der Waals surface area contributed by atoms with Crippen molar-refractivity contribution in [2.75, 3.05) is 0 Å². The monoisotopic (exact) mass is 300 g/mol. The van der Waals surface area contributed by atoms with Crippen LogP contribution in [0.3, 0.4) is 0 Å². The molecule has 0 aliphatic heterocycles. The SMILES string of the molecule is CC/C=C/CCC/C=C\CC(CCCC)c1ccccc1O. The minimum absolute atomic E-state index is 0.442. The Morgan fingerprint density at radius 1 is 0.955 bits per heavy atom. The molecule has 0 amide bonds. The third-order valence-electron chi connectivity index (χ3n) is 4.01. The molecule has 1 atom stereocenters. The average Bonchev–Trinajstić information content (AvgIpc) is 2.53. The normalized spacial score (nSPS) is 13.2. The number of hydrogen-bond donors (Lipinski definition) is 1. The molecule has 0 aromatic heterocycles. The first-order valence-corrected chi connectivity index (χ1v) is 8.87. The number of hydrogen-bond acceptors (Lipinski definition) is 1. The van der Waals surface area contributed by atoms with Crippen molar-refractivity contribution in [2.45, 2.75) is 71.1 Å². The molecule has 0 saturated carbocycles. The summed E-state index contributed by atoms with van der Waals surface area (Å²) in [5, 5.41) is 10.1. The summed E-state index contributed by atoms with van der Waals surface area (Å²) in [4.78, 5) is 0. The number of para-hydroxylation sites is 1. The van der Waals surface area contributed by atoms with Gasteiger partial charge in [-0.15, -0.1) is 0 Å². The second kappa shape index (κ2) is 12.1. The number of allylic oxidation sites excluding steroid dienone is 4. The molecule has 0 heterocycles. The molecule has 0 saturated heterocycles. The molecular weight excluding hydrogens is 268 g/mol. The first kappa shape index (κ1) is 18.5. The van der Waals surface area contributed by atoms with Gasteiger partial charge >= 0.3 is 0 Å². The van der Waals surface area contributed by atoms with E-state index < -0.39 is 0 Å². The summed E-state index contributed by atoms with van der Waals surface area (Å²) in [6, 6.07) is 7.80. The van der Waals surface area contributed by atoms with E-state index in [4.69, 9.17) is 0 Å². The summed E-state index contributed by atoms with van der Waals surface area (Å²) >= 11 is 0. The molecule has 1 heteroatoms. The number of aromatic hydroxyl groups is 1. The fourth-order valence-electron chi connectivity index (χ4n) is 2.70. The van der Waals surface area contributed by atoms with E-state index in [0.29, 0.717) is 11.7 Å². The maximum Gasteiger partial charge on any atom is 0.119 e. The lowest BCUT2D eigenvalue weighted by molar-refractivity contribution is 0.455. The second-order valence-corrected chi connectivity index (χ2v) is 5.92. The van der Waals surface area contributed by atoms with Gasteiger partial charge in [0.1, 0.15) is 5.75 Å². The fraction of sp³-hybridized carbons (Fsp3) is 0.524. The van der Waals surface area contributed by atoms with Gasteiger partial charge in [-0.2, -0.15) is 0 Å². The minimum Gasteiger partial charge on any atom is -0.508 e. The van der Waals surface area contributed by atoms with Crippen molar-refractivity contribution < 1.29 is 5.11 Å². The average molecular weight is 300 g/mol. The van der Waals surface area contributed by atoms with Crippen molar-refractivity contribution in [1.29, 1.82) is 0 Å². The van der Waals surface area contributed by atoms with Gasteiger partial charge in [-0.05, 0) is 56.1 Å². The Kier molecular flexibility index (Phi) is 10.2. The highest BCUT2D eigenvalue weighted by Gasteiger charge is 2.12. The first-order chi connectivity index (χ1) is 10.8. The van der Waals surface area contributed by atoms with Crippen LogP contribution < -0.4 is 0 Å². The van der Waals surface area contributed by atoms with Crippen LogP contribution in [0.2, 0.25) is 0 Å². The number of phenolic OH excluding ortho intramolecular Hbond substituents is 1. The van der Waals surface area contributed by atoms with Gasteiger partial charge in [0, 0.05) is 0 Å². The molecule has 1 nitrogen and oxygen atoms in total. The summed E-state index contributed by atoms with van der Waals surface area (Å²) in [5.74, 6) is 0.888. The Morgan fingerprint density at radius 2 is 1.68 bits per heavy atom. The summed E-state index contributed by atoms with van der Waals surface area (Å²) in [7, 11) is 0. The summed E-state index contributed by atoms with van der Waals surface area (Å²) in [6.07, 6.45) is 18.4. The Balaban J connectivity index is 2.45. The second-order valence-electron chi connectivity index (χ2n) is 5.92. The highest BCUT2D eigenvalue weighted by Crippen LogP contribution is 2.32. The zero-order valence-corrected chi connectivity index (χ0v) is 14.3. The number of rotatable bonds is 11. The van der Waals surface area contributed by atoms with Crippen LogP contribution in [0.4, 0.5) is 0 Å². The molecule has 0 spiro atoms. The Morgan fingerprint density at radius 3 is 2.36 bits per heavy atom. The van der Waals surface area contributed by atoms with E-state index in [1.165, 1.54) is 25.7 Å². The van der Waals surface area contributed by atoms with Crippen LogP contribution >= 0.6 is 0 Å². The van der Waals surface area contributed by atoms with Crippen molar-refractivity contribution in [3.05, 3.63) is 54.1 Å². The molecule has 1 aromatic carbocycles. The summed E-state index contributed by atoms with van der Waals surface area (Å²) < 4.78 is 0. The van der Waals surface area contributed by atoms with Crippen LogP contribution in [0.25, 0.3) is 0 Å². The molecule has 1 aromatic rings. The van der Waals surface area contributed by atoms with Crippen LogP contribution in [-0.2, 0) is 0 Å². The molecule has 1 N–H and O–H groups in total. The molecule has 0 aliphatic rings. The van der Waals surface area contributed by atoms with Crippen molar-refractivity contribution in [1.82, 2.24) is 0 Å². The molecule has 122 valence electrons. The van der Waals surface area contributed by atoms with E-state index >= 15 is 0 Å². The lowest BCUT2D eigenvalue weighted by Gasteiger charge is -2.16. The zero-order valence-electron chi connectivity index (χ0n) is 14.3. The molecule has 1 unspecified atom stereocenters. The molecule has 0 fully saturated rings. The van der Waals surface area contributed by atoms with E-state index in [9.17, 15) is 5.11 Å². The smallest absolute Gasteiger partial charge is 0.119 e. The van der Waals surface area contributed by atoms with E-state index in [-0.39, 0.29) is 0 Å². The predicted octanol–water partition coefficient (Wildman–Crippen LogP) is 6.75. The van der Waals surface area contributed by atoms with Gasteiger partial charge in [0.25, 0.3) is 0 Å². The highest BCUT2D eigenvalue weighted by molar-refractivity contribution is 5.35. The van der Waals surface area contributed by atoms with Gasteiger partial charge < -0.3 is 5.11 Å². The first-order valence-electron chi connectivity index (χ1n) is 8.87. The van der Waals surface area contributed by atoms with Crippen molar-refractivity contribution in [2.24, 2.45) is 0 Å². The van der Waals surface area contributed by atoms with Crippen LogP contribution in [0.1, 0.15) is 76.7 Å². The minimum atomic E-state index is 0.442. The quantitative estimate of drug-likeness (QED) is 0.354. The molecule has 0 radical (unpaired) electrons. The number of benzene rings is 1. The van der Waals surface area contributed by atoms with Gasteiger partial charge in [-0.1, -0.05) is 69.2 Å². The fourth-order valence-corrected chi connectivity index (χ4v) is 2.70. The van der Waals surface area contributed by atoms with Gasteiger partial charge in [-0.3, -0.25) is 0 Å². The molecule has 0 bridgehead atoms. The largest absolute Gasteiger partial charge is 0.508 e. The van der Waals surface area contributed by atoms with Gasteiger partial charge in [0.15, 0.2) is 0 Å². The summed E-state index contributed by atoms with van der Waals surface area (Å²) in [6.45, 7) is 4.40. The maximum absolute atomic E-state index is 10.1. The Bertz CT molecular complexity index is 445. The van der Waals surface area contributed by atoms with Gasteiger partial charge in [0.05, 0.1) is 0 Å². The third kappa shape index (κ3) is 7.49. The molecule has 1 rings (SSSR count). The van der Waals surface area contributed by atoms with E-state index in [1.807, 2.05) is 12.1 Å². The standard InChI is InChI=1S/C21H32O/c1-3-5-7-8-9-10-11-12-16-19(15-6-4-2)20-17-13-14-18-21(20)22/h5,7,11-14,17-19,22H,3-4,6,8-10,15-16H2,1-2H3/b7-5+,12-11-.